The van der Waals surface area contributed by atoms with E-state index in [0.717, 1.165) is 0 Å². The van der Waals surface area contributed by atoms with Gasteiger partial charge in [-0.2, -0.15) is 0 Å². The molecule has 0 bridgehead atoms. The van der Waals surface area contributed by atoms with E-state index in [2.05, 4.69) is 115 Å². The Bertz CT molecular complexity index is 834. The second-order valence-electron chi connectivity index (χ2n) is 8.44. The van der Waals surface area contributed by atoms with Crippen LogP contribution >= 0.6 is 30.8 Å². The summed E-state index contributed by atoms with van der Waals surface area (Å²) in [7, 11) is -1.75. The van der Waals surface area contributed by atoms with Crippen LogP contribution < -0.4 is 15.9 Å². The van der Waals surface area contributed by atoms with Crippen LogP contribution in [0, 0.1) is 0 Å². The quantitative estimate of drug-likeness (QED) is 0.418. The summed E-state index contributed by atoms with van der Waals surface area (Å²) in [5, 5.41) is 4.65. The van der Waals surface area contributed by atoms with Crippen LogP contribution in [0.15, 0.2) is 91.0 Å². The molecule has 1 heterocycles. The number of hydrogen-bond acceptors (Lipinski definition) is 2. The molecule has 1 spiro atoms. The van der Waals surface area contributed by atoms with Crippen molar-refractivity contribution >= 4 is 46.7 Å². The van der Waals surface area contributed by atoms with Gasteiger partial charge in [-0.15, -0.1) is 23.5 Å². The maximum atomic E-state index is 2.41. The molecule has 3 heteroatoms. The highest BCUT2D eigenvalue weighted by Gasteiger charge is 2.56. The third-order valence-corrected chi connectivity index (χ3v) is 15.1. The first-order valence-corrected chi connectivity index (χ1v) is 15.0. The molecule has 30 heavy (non-hydrogen) atoms. The van der Waals surface area contributed by atoms with Crippen molar-refractivity contribution < 1.29 is 0 Å². The van der Waals surface area contributed by atoms with Crippen LogP contribution in [0.2, 0.25) is 0 Å². The normalized spacial score (nSPS) is 21.4. The summed E-state index contributed by atoms with van der Waals surface area (Å²) in [6.45, 7) is 0. The molecule has 1 aliphatic carbocycles. The summed E-state index contributed by atoms with van der Waals surface area (Å²) in [4.78, 5) is 0. The van der Waals surface area contributed by atoms with E-state index in [9.17, 15) is 0 Å². The minimum absolute atomic E-state index is 0.435. The predicted molar refractivity (Wildman–Crippen MR) is 140 cm³/mol. The molecule has 3 aromatic rings. The summed E-state index contributed by atoms with van der Waals surface area (Å²) in [6.07, 6.45) is 6.80. The first-order valence-electron chi connectivity index (χ1n) is 11.2. The molecule has 2 fully saturated rings. The molecule has 3 aromatic carbocycles. The summed E-state index contributed by atoms with van der Waals surface area (Å²) < 4.78 is 0.435. The number of thioether (sulfide) groups is 2. The Hall–Kier alpha value is -1.21. The second kappa shape index (κ2) is 9.11. The van der Waals surface area contributed by atoms with Crippen LogP contribution in [0.3, 0.4) is 0 Å². The average molecular weight is 450 g/mol. The van der Waals surface area contributed by atoms with Gasteiger partial charge < -0.3 is 0 Å². The zero-order valence-electron chi connectivity index (χ0n) is 17.5. The third kappa shape index (κ3) is 3.77. The monoisotopic (exact) mass is 449 g/mol. The van der Waals surface area contributed by atoms with Gasteiger partial charge in [-0.25, -0.2) is 0 Å². The molecule has 1 atom stereocenters. The Morgan fingerprint density at radius 1 is 0.633 bits per heavy atom. The zero-order valence-corrected chi connectivity index (χ0v) is 20.0. The van der Waals surface area contributed by atoms with E-state index < -0.39 is 7.26 Å². The summed E-state index contributed by atoms with van der Waals surface area (Å²) >= 11 is 4.55. The van der Waals surface area contributed by atoms with E-state index in [1.807, 2.05) is 0 Å². The highest BCUT2D eigenvalue weighted by molar-refractivity contribution is 8.18. The van der Waals surface area contributed by atoms with Gasteiger partial charge >= 0.3 is 0 Å². The minimum atomic E-state index is -1.75. The Labute approximate surface area is 190 Å². The van der Waals surface area contributed by atoms with Crippen molar-refractivity contribution in [3.8, 4) is 0 Å². The van der Waals surface area contributed by atoms with Crippen molar-refractivity contribution in [2.75, 3.05) is 11.5 Å². The molecule has 1 unspecified atom stereocenters. The van der Waals surface area contributed by atoms with Gasteiger partial charge in [-0.3, -0.25) is 0 Å². The van der Waals surface area contributed by atoms with E-state index in [1.165, 1.54) is 43.6 Å². The maximum absolute atomic E-state index is 2.41. The maximum Gasteiger partial charge on any atom is 0.115 e. The van der Waals surface area contributed by atoms with Gasteiger partial charge in [0.2, 0.25) is 0 Å². The van der Waals surface area contributed by atoms with Crippen molar-refractivity contribution in [3.05, 3.63) is 91.0 Å². The van der Waals surface area contributed by atoms with Gasteiger partial charge in [-0.05, 0) is 73.6 Å². The van der Waals surface area contributed by atoms with Crippen LogP contribution in [0.25, 0.3) is 0 Å². The molecule has 154 valence electrons. The van der Waals surface area contributed by atoms with Crippen LogP contribution in [-0.4, -0.2) is 21.2 Å². The highest BCUT2D eigenvalue weighted by Crippen LogP contribution is 2.67. The Morgan fingerprint density at radius 3 is 1.57 bits per heavy atom. The van der Waals surface area contributed by atoms with Crippen LogP contribution in [0.4, 0.5) is 0 Å². The lowest BCUT2D eigenvalue weighted by Gasteiger charge is -2.45. The van der Waals surface area contributed by atoms with Gasteiger partial charge in [0.1, 0.15) is 23.2 Å². The Balaban J connectivity index is 1.72. The van der Waals surface area contributed by atoms with E-state index in [1.54, 1.807) is 15.9 Å². The molecule has 0 aromatic heterocycles. The minimum Gasteiger partial charge on any atom is -0.144 e. The van der Waals surface area contributed by atoms with E-state index in [0.29, 0.717) is 9.74 Å². The fourth-order valence-corrected chi connectivity index (χ4v) is 14.5. The summed E-state index contributed by atoms with van der Waals surface area (Å²) in [6, 6.07) is 34.5. The summed E-state index contributed by atoms with van der Waals surface area (Å²) in [5.41, 5.74) is 0.705. The Kier molecular flexibility index (Phi) is 6.28. The van der Waals surface area contributed by atoms with Crippen molar-refractivity contribution in [1.82, 2.24) is 0 Å². The fourth-order valence-electron chi connectivity index (χ4n) is 5.45. The van der Waals surface area contributed by atoms with Crippen molar-refractivity contribution in [2.45, 2.75) is 41.8 Å². The molecule has 0 amide bonds. The van der Waals surface area contributed by atoms with E-state index in [-0.39, 0.29) is 0 Å². The zero-order chi connectivity index (χ0) is 20.3. The molecule has 2 aliphatic rings. The Morgan fingerprint density at radius 2 is 1.10 bits per heavy atom. The molecule has 0 nitrogen and oxygen atoms in total. The van der Waals surface area contributed by atoms with Crippen LogP contribution in [0.5, 0.6) is 0 Å². The molecule has 0 radical (unpaired) electrons. The summed E-state index contributed by atoms with van der Waals surface area (Å²) in [5.74, 6) is 2.68. The fraction of sp³-hybridized carbons (Fsp3) is 0.333. The molecule has 1 saturated heterocycles. The number of hydrogen-bond donors (Lipinski definition) is 0. The molecule has 5 rings (SSSR count). The first kappa shape index (κ1) is 20.7. The highest BCUT2D eigenvalue weighted by atomic mass is 32.2. The van der Waals surface area contributed by atoms with Gasteiger partial charge in [-0.1, -0.05) is 54.6 Å². The smallest absolute Gasteiger partial charge is 0.115 e. The molecular formula is C27H30PS2+. The lowest BCUT2D eigenvalue weighted by molar-refractivity contribution is 0.496. The first-order chi connectivity index (χ1) is 14.8. The second-order valence-corrected chi connectivity index (χ2v) is 15.4. The van der Waals surface area contributed by atoms with Gasteiger partial charge in [0.25, 0.3) is 0 Å². The van der Waals surface area contributed by atoms with Crippen molar-refractivity contribution in [3.63, 3.8) is 0 Å². The van der Waals surface area contributed by atoms with Gasteiger partial charge in [0.05, 0.1) is 9.74 Å². The molecular weight excluding hydrogens is 419 g/mol. The van der Waals surface area contributed by atoms with Crippen molar-refractivity contribution in [2.24, 2.45) is 0 Å². The lowest BCUT2D eigenvalue weighted by Crippen LogP contribution is -2.44. The van der Waals surface area contributed by atoms with Gasteiger partial charge in [0.15, 0.2) is 0 Å². The lowest BCUT2D eigenvalue weighted by atomic mass is 9.99. The van der Waals surface area contributed by atoms with Crippen LogP contribution in [0.1, 0.15) is 32.1 Å². The molecule has 1 aliphatic heterocycles. The SMILES string of the molecule is c1ccc([P+](c2ccccc2)(c2ccccc2)C2CCCC3(C2)SCCCS3)cc1. The number of rotatable bonds is 4. The molecule has 1 saturated carbocycles. The topological polar surface area (TPSA) is 0 Å². The molecule has 0 N–H and O–H groups in total. The average Bonchev–Trinajstić information content (AvgIpc) is 2.82. The van der Waals surface area contributed by atoms with Crippen LogP contribution in [-0.2, 0) is 0 Å². The van der Waals surface area contributed by atoms with E-state index in [4.69, 9.17) is 0 Å². The van der Waals surface area contributed by atoms with E-state index >= 15 is 0 Å². The standard InChI is InChI=1S/C27H30PS2/c1-4-12-23(13-5-1)28(24-14-6-2-7-15-24,25-16-8-3-9-17-25)26-18-10-19-27(22-26)29-20-11-21-30-27/h1-9,12-17,26H,10-11,18-22H2/q+1. The van der Waals surface area contributed by atoms with Gasteiger partial charge in [0, 0.05) is 6.42 Å². The largest absolute Gasteiger partial charge is 0.144 e. The predicted octanol–water partition coefficient (Wildman–Crippen LogP) is 6.49. The third-order valence-electron chi connectivity index (χ3n) is 6.70. The van der Waals surface area contributed by atoms with Crippen molar-refractivity contribution in [1.29, 1.82) is 0 Å². The number of benzene rings is 3.